The molecule has 3 rings (SSSR count). The number of nitro benzene ring substituents is 2. The number of hydrogen-bond donors (Lipinski definition) is 1. The maximum absolute atomic E-state index is 14.7. The zero-order valence-corrected chi connectivity index (χ0v) is 21.3. The minimum atomic E-state index is -4.32. The number of carboxylic acids is 1. The van der Waals surface area contributed by atoms with E-state index in [2.05, 4.69) is 0 Å². The minimum Gasteiger partial charge on any atom is -0.494 e. The topological polar surface area (TPSA) is 142 Å². The van der Waals surface area contributed by atoms with Crippen LogP contribution < -0.4 is 9.47 Å². The van der Waals surface area contributed by atoms with Gasteiger partial charge in [0.05, 0.1) is 28.1 Å². The maximum atomic E-state index is 14.7. The monoisotopic (exact) mass is 596 g/mol. The second-order valence-corrected chi connectivity index (χ2v) is 8.80. The van der Waals surface area contributed by atoms with Gasteiger partial charge in [0.25, 0.3) is 11.4 Å². The van der Waals surface area contributed by atoms with Gasteiger partial charge in [-0.15, -0.1) is 0 Å². The third-order valence-corrected chi connectivity index (χ3v) is 5.58. The number of carbonyl (C=O) groups is 1. The fraction of sp³-hybridized carbons (Fsp3) is 0.222. The predicted molar refractivity (Wildman–Crippen MR) is 137 cm³/mol. The second kappa shape index (κ2) is 13.1. The molecule has 0 spiro atoms. The molecule has 0 fully saturated rings. The van der Waals surface area contributed by atoms with Crippen LogP contribution in [0.3, 0.4) is 0 Å². The van der Waals surface area contributed by atoms with Crippen molar-refractivity contribution in [3.05, 3.63) is 109 Å². The number of carboxylic acid groups (broad SMARTS) is 1. The number of rotatable bonds is 13. The molecule has 42 heavy (non-hydrogen) atoms. The number of alkyl halides is 5. The predicted octanol–water partition coefficient (Wildman–Crippen LogP) is 7.06. The van der Waals surface area contributed by atoms with Crippen molar-refractivity contribution in [3.63, 3.8) is 0 Å². The van der Waals surface area contributed by atoms with Gasteiger partial charge in [-0.1, -0.05) is 12.1 Å². The summed E-state index contributed by atoms with van der Waals surface area (Å²) in [5, 5.41) is 31.8. The first-order chi connectivity index (χ1) is 19.6. The molecular formula is C27H21F5N2O8. The normalized spacial score (nSPS) is 12.1. The third-order valence-electron chi connectivity index (χ3n) is 5.58. The van der Waals surface area contributed by atoms with Crippen LogP contribution in [0.15, 0.2) is 72.3 Å². The summed E-state index contributed by atoms with van der Waals surface area (Å²) >= 11 is 0. The van der Waals surface area contributed by atoms with Gasteiger partial charge in [0.2, 0.25) is 0 Å². The summed E-state index contributed by atoms with van der Waals surface area (Å²) in [4.78, 5) is 32.3. The molecule has 0 atom stereocenters. The number of halogens is 5. The first-order valence-electron chi connectivity index (χ1n) is 12.0. The average Bonchev–Trinajstić information content (AvgIpc) is 2.91. The van der Waals surface area contributed by atoms with E-state index in [1.807, 2.05) is 0 Å². The van der Waals surface area contributed by atoms with Crippen molar-refractivity contribution in [2.24, 2.45) is 0 Å². The number of hydrogen-bond acceptors (Lipinski definition) is 7. The first kappa shape index (κ1) is 31.4. The van der Waals surface area contributed by atoms with E-state index in [1.54, 1.807) is 0 Å². The second-order valence-electron chi connectivity index (χ2n) is 8.80. The van der Waals surface area contributed by atoms with Crippen molar-refractivity contribution in [1.29, 1.82) is 0 Å². The lowest BCUT2D eigenvalue weighted by Gasteiger charge is -2.19. The van der Waals surface area contributed by atoms with Crippen molar-refractivity contribution in [3.8, 4) is 11.5 Å². The Labute approximate surface area is 233 Å². The summed E-state index contributed by atoms with van der Waals surface area (Å²) in [5.41, 5.74) is -1.78. The summed E-state index contributed by atoms with van der Waals surface area (Å²) in [6.45, 7) is -0.249. The Morgan fingerprint density at radius 1 is 0.857 bits per heavy atom. The summed E-state index contributed by atoms with van der Waals surface area (Å²) < 4.78 is 75.8. The number of aliphatic carboxylic acids is 1. The third kappa shape index (κ3) is 9.25. The number of nitrogens with zero attached hydrogens (tertiary/aromatic N) is 2. The standard InChI is InChI=1S/C27H21F5N2O8/c28-26(29,30)10-1-11-41-23-8-4-20(5-9-23)27(31,32)42-24-6-2-17(3-7-24)12-19(25(35)36)13-18-14-21(33(37)38)16-22(15-18)34(39)40/h2-9,12,14-16H,1,10-11,13H2,(H,35,36). The molecule has 3 aromatic rings. The number of nitro groups is 2. The van der Waals surface area contributed by atoms with E-state index < -0.39 is 57.9 Å². The smallest absolute Gasteiger partial charge is 0.426 e. The van der Waals surface area contributed by atoms with Crippen molar-refractivity contribution >= 4 is 23.4 Å². The van der Waals surface area contributed by atoms with Crippen molar-refractivity contribution < 1.29 is 51.2 Å². The molecule has 0 aliphatic rings. The lowest BCUT2D eigenvalue weighted by molar-refractivity contribution is -0.394. The Morgan fingerprint density at radius 2 is 1.40 bits per heavy atom. The first-order valence-corrected chi connectivity index (χ1v) is 12.0. The fourth-order valence-electron chi connectivity index (χ4n) is 3.63. The minimum absolute atomic E-state index is 0.00173. The molecule has 1 N–H and O–H groups in total. The zero-order valence-electron chi connectivity index (χ0n) is 21.3. The Bertz CT molecular complexity index is 1440. The number of ether oxygens (including phenoxy) is 2. The Hall–Kier alpha value is -5.08. The Morgan fingerprint density at radius 3 is 1.90 bits per heavy atom. The molecule has 0 unspecified atom stereocenters. The van der Waals surface area contributed by atoms with Crippen LogP contribution in [0.5, 0.6) is 11.5 Å². The van der Waals surface area contributed by atoms with Gasteiger partial charge < -0.3 is 14.6 Å². The largest absolute Gasteiger partial charge is 0.494 e. The average molecular weight is 596 g/mol. The molecule has 0 bridgehead atoms. The van der Waals surface area contributed by atoms with Crippen LogP contribution in [0.1, 0.15) is 29.5 Å². The summed E-state index contributed by atoms with van der Waals surface area (Å²) in [6, 6.07) is 11.9. The van der Waals surface area contributed by atoms with Gasteiger partial charge in [-0.2, -0.15) is 22.0 Å². The van der Waals surface area contributed by atoms with Gasteiger partial charge in [-0.25, -0.2) is 4.79 Å². The van der Waals surface area contributed by atoms with Crippen molar-refractivity contribution in [2.75, 3.05) is 6.61 Å². The molecule has 0 aliphatic heterocycles. The lowest BCUT2D eigenvalue weighted by atomic mass is 10.0. The highest BCUT2D eigenvalue weighted by Gasteiger charge is 2.34. The SMILES string of the molecule is O=C(O)C(=Cc1ccc(OC(F)(F)c2ccc(OCCCC(F)(F)F)cc2)cc1)Cc1cc([N+](=O)[O-])cc([N+](=O)[O-])c1. The lowest BCUT2D eigenvalue weighted by Crippen LogP contribution is -2.21. The highest BCUT2D eigenvalue weighted by molar-refractivity contribution is 5.92. The molecular weight excluding hydrogens is 575 g/mol. The summed E-state index contributed by atoms with van der Waals surface area (Å²) in [6.07, 6.45) is -8.70. The molecule has 0 saturated carbocycles. The van der Waals surface area contributed by atoms with Crippen LogP contribution >= 0.6 is 0 Å². The molecule has 0 heterocycles. The molecule has 222 valence electrons. The Balaban J connectivity index is 1.69. The van der Waals surface area contributed by atoms with Gasteiger partial charge in [0, 0.05) is 30.5 Å². The highest BCUT2D eigenvalue weighted by atomic mass is 19.4. The van der Waals surface area contributed by atoms with Crippen LogP contribution in [0.25, 0.3) is 6.08 Å². The van der Waals surface area contributed by atoms with Crippen molar-refractivity contribution in [1.82, 2.24) is 0 Å². The van der Waals surface area contributed by atoms with E-state index in [0.717, 1.165) is 54.6 Å². The molecule has 0 aromatic heterocycles. The highest BCUT2D eigenvalue weighted by Crippen LogP contribution is 2.33. The van der Waals surface area contributed by atoms with Gasteiger partial charge >= 0.3 is 18.3 Å². The molecule has 0 amide bonds. The van der Waals surface area contributed by atoms with E-state index >= 15 is 0 Å². The van der Waals surface area contributed by atoms with Gasteiger partial charge in [-0.3, -0.25) is 20.2 Å². The quantitative estimate of drug-likeness (QED) is 0.0726. The van der Waals surface area contributed by atoms with E-state index in [1.165, 1.54) is 18.2 Å². The Kier molecular flexibility index (Phi) is 9.78. The number of non-ortho nitro benzene ring substituents is 2. The molecule has 0 aliphatic carbocycles. The van der Waals surface area contributed by atoms with Gasteiger partial charge in [-0.05, 0) is 60.0 Å². The van der Waals surface area contributed by atoms with Crippen LogP contribution in [-0.2, 0) is 17.3 Å². The number of benzene rings is 3. The van der Waals surface area contributed by atoms with Crippen LogP contribution in [0.4, 0.5) is 33.3 Å². The van der Waals surface area contributed by atoms with Crippen LogP contribution in [0, 0.1) is 20.2 Å². The van der Waals surface area contributed by atoms with E-state index in [0.29, 0.717) is 0 Å². The van der Waals surface area contributed by atoms with E-state index in [4.69, 9.17) is 9.47 Å². The maximum Gasteiger partial charge on any atom is 0.426 e. The fourth-order valence-corrected chi connectivity index (χ4v) is 3.63. The summed E-state index contributed by atoms with van der Waals surface area (Å²) in [7, 11) is 0. The molecule has 3 aromatic carbocycles. The van der Waals surface area contributed by atoms with Gasteiger partial charge in [0.15, 0.2) is 0 Å². The van der Waals surface area contributed by atoms with Gasteiger partial charge in [0.1, 0.15) is 11.5 Å². The zero-order chi connectivity index (χ0) is 31.1. The van der Waals surface area contributed by atoms with Crippen LogP contribution in [0.2, 0.25) is 0 Å². The molecule has 0 radical (unpaired) electrons. The van der Waals surface area contributed by atoms with E-state index in [9.17, 15) is 52.1 Å². The van der Waals surface area contributed by atoms with Crippen molar-refractivity contribution in [2.45, 2.75) is 31.5 Å². The molecule has 10 nitrogen and oxygen atoms in total. The molecule has 0 saturated heterocycles. The van der Waals surface area contributed by atoms with Crippen LogP contribution in [-0.4, -0.2) is 33.7 Å². The summed E-state index contributed by atoms with van der Waals surface area (Å²) in [5.74, 6) is -1.60. The van der Waals surface area contributed by atoms with E-state index in [-0.39, 0.29) is 41.2 Å². The molecule has 15 heteroatoms.